The Bertz CT molecular complexity index is 2290. The van der Waals surface area contributed by atoms with E-state index < -0.39 is 22.5 Å². The Morgan fingerprint density at radius 2 is 1.39 bits per heavy atom. The molecule has 0 aliphatic carbocycles. The van der Waals surface area contributed by atoms with Crippen LogP contribution in [0.5, 0.6) is 17.2 Å². The average Bonchev–Trinajstić information content (AvgIpc) is 3.77. The van der Waals surface area contributed by atoms with Gasteiger partial charge in [0.1, 0.15) is 5.02 Å². The molecular weight excluding hydrogens is 875 g/mol. The molecular formula is C45H61Cl3N6O5S2. The molecule has 3 atom stereocenters. The fourth-order valence-corrected chi connectivity index (χ4v) is 9.71. The molecule has 2 aromatic heterocycles. The zero-order valence-electron chi connectivity index (χ0n) is 36.6. The largest absolute Gasteiger partial charge is 0.489 e. The van der Waals surface area contributed by atoms with E-state index in [1.54, 1.807) is 34.8 Å². The monoisotopic (exact) mass is 934 g/mol. The molecule has 0 spiro atoms. The molecule has 0 amide bonds. The van der Waals surface area contributed by atoms with E-state index >= 15 is 0 Å². The first-order valence-electron chi connectivity index (χ1n) is 21.3. The second kappa shape index (κ2) is 22.7. The lowest BCUT2D eigenvalue weighted by Crippen LogP contribution is -2.16. The van der Waals surface area contributed by atoms with Crippen molar-refractivity contribution in [2.24, 2.45) is 5.92 Å². The summed E-state index contributed by atoms with van der Waals surface area (Å²) >= 11 is 15.0. The number of halogens is 3. The molecule has 61 heavy (non-hydrogen) atoms. The minimum absolute atomic E-state index is 0.154. The predicted molar refractivity (Wildman–Crippen MR) is 254 cm³/mol. The molecule has 16 heteroatoms. The molecule has 0 aliphatic heterocycles. The number of aryl methyl sites for hydroxylation is 2. The zero-order chi connectivity index (χ0) is 44.3. The number of aromatic nitrogens is 4. The molecule has 3 aromatic carbocycles. The number of nitrogens with one attached hydrogen (secondary N) is 3. The number of rotatable bonds is 24. The van der Waals surface area contributed by atoms with Crippen LogP contribution < -0.4 is 22.5 Å². The maximum atomic E-state index is 14.1. The zero-order valence-corrected chi connectivity index (χ0v) is 40.5. The number of aromatic amines is 1. The van der Waals surface area contributed by atoms with Gasteiger partial charge in [-0.05, 0) is 80.5 Å². The number of unbranched alkanes of at least 4 members (excludes halogenated alkanes) is 8. The van der Waals surface area contributed by atoms with E-state index in [4.69, 9.17) is 47.9 Å². The molecule has 0 fully saturated rings. The summed E-state index contributed by atoms with van der Waals surface area (Å²) in [6.07, 6.45) is 14.3. The predicted octanol–water partition coefficient (Wildman–Crippen LogP) is 13.8. The van der Waals surface area contributed by atoms with Gasteiger partial charge in [-0.1, -0.05) is 140 Å². The standard InChI is InChI=1S/C45H61Cl3N6O5S2/c1-9-11-13-15-16-18-20-32(19-17-14-12-10-2)28-57-36-24-22-34(52-60(55)58-37-26-33(46)21-23-35(37)47)27-38(36)59-61(56)53-41-30(4)25-29(3)39(31(41)5)43-49-50-44-40(48)42(45(6,7)8)51-54(43)44/h21-27,32,51-53H,9-20,28H2,1-8H3. The summed E-state index contributed by atoms with van der Waals surface area (Å²) in [6.45, 7) is 17.1. The lowest BCUT2D eigenvalue weighted by molar-refractivity contribution is 0.220. The normalized spacial score (nSPS) is 13.3. The third-order valence-electron chi connectivity index (χ3n) is 10.7. The Kier molecular flexibility index (Phi) is 18.1. The van der Waals surface area contributed by atoms with Crippen LogP contribution in [0.1, 0.15) is 134 Å². The van der Waals surface area contributed by atoms with Crippen LogP contribution >= 0.6 is 34.8 Å². The number of anilines is 2. The van der Waals surface area contributed by atoms with Gasteiger partial charge in [0.2, 0.25) is 0 Å². The Labute approximate surface area is 381 Å². The van der Waals surface area contributed by atoms with Gasteiger partial charge in [-0.15, -0.1) is 10.2 Å². The van der Waals surface area contributed by atoms with Crippen molar-refractivity contribution in [2.75, 3.05) is 16.1 Å². The molecule has 3 unspecified atom stereocenters. The highest BCUT2D eigenvalue weighted by molar-refractivity contribution is 7.82. The molecule has 0 saturated heterocycles. The van der Waals surface area contributed by atoms with Gasteiger partial charge in [0.15, 0.2) is 28.7 Å². The fourth-order valence-electron chi connectivity index (χ4n) is 7.42. The Hall–Kier alpha value is -3.49. The van der Waals surface area contributed by atoms with Crippen LogP contribution in [0.2, 0.25) is 15.1 Å². The molecule has 0 bridgehead atoms. The minimum Gasteiger partial charge on any atom is -0.489 e. The molecule has 2 heterocycles. The van der Waals surface area contributed by atoms with Crippen molar-refractivity contribution >= 4 is 74.4 Å². The maximum absolute atomic E-state index is 14.1. The first-order valence-corrected chi connectivity index (χ1v) is 24.6. The smallest absolute Gasteiger partial charge is 0.316 e. The van der Waals surface area contributed by atoms with E-state index in [-0.39, 0.29) is 21.9 Å². The highest BCUT2D eigenvalue weighted by Crippen LogP contribution is 2.39. The second-order valence-corrected chi connectivity index (χ2v) is 19.7. The number of fused-ring (bicyclic) bond motifs is 1. The topological polar surface area (TPSA) is 132 Å². The van der Waals surface area contributed by atoms with E-state index in [9.17, 15) is 8.42 Å². The Balaban J connectivity index is 1.40. The number of hydrogen-bond donors (Lipinski definition) is 3. The van der Waals surface area contributed by atoms with Gasteiger partial charge in [-0.3, -0.25) is 14.5 Å². The number of hydrogen-bond acceptors (Lipinski definition) is 7. The van der Waals surface area contributed by atoms with Gasteiger partial charge in [-0.25, -0.2) is 4.52 Å². The molecule has 0 radical (unpaired) electrons. The first kappa shape index (κ1) is 48.5. The van der Waals surface area contributed by atoms with Crippen molar-refractivity contribution < 1.29 is 21.5 Å². The SMILES string of the molecule is CCCCCCCCC(CCCCCC)COc1ccc(NS(=O)Oc2cc(Cl)ccc2Cl)cc1OS(=O)Nc1c(C)cc(C)c(-c2nnc3c(Cl)c(C(C)(C)C)[nH]n23)c1C. The summed E-state index contributed by atoms with van der Waals surface area (Å²) < 4.78 is 53.2. The highest BCUT2D eigenvalue weighted by Gasteiger charge is 2.27. The van der Waals surface area contributed by atoms with Gasteiger partial charge in [0, 0.05) is 28.1 Å². The number of benzene rings is 3. The molecule has 5 rings (SSSR count). The van der Waals surface area contributed by atoms with Gasteiger partial charge < -0.3 is 13.1 Å². The van der Waals surface area contributed by atoms with E-state index in [2.05, 4.69) is 59.4 Å². The van der Waals surface area contributed by atoms with Crippen LogP contribution in [0, 0.1) is 26.7 Å². The lowest BCUT2D eigenvalue weighted by Gasteiger charge is -2.20. The van der Waals surface area contributed by atoms with Crippen LogP contribution in [0.3, 0.4) is 0 Å². The molecule has 334 valence electrons. The van der Waals surface area contributed by atoms with Crippen molar-refractivity contribution in [3.63, 3.8) is 0 Å². The van der Waals surface area contributed by atoms with E-state index in [1.165, 1.54) is 57.4 Å². The van der Waals surface area contributed by atoms with Gasteiger partial charge in [0.05, 0.1) is 28.7 Å². The van der Waals surface area contributed by atoms with Crippen LogP contribution in [-0.2, 0) is 27.9 Å². The molecule has 5 aromatic rings. The number of H-pyrrole nitrogens is 1. The fraction of sp³-hybridized carbons (Fsp3) is 0.511. The van der Waals surface area contributed by atoms with Crippen LogP contribution in [0.15, 0.2) is 42.5 Å². The Morgan fingerprint density at radius 1 is 0.754 bits per heavy atom. The summed E-state index contributed by atoms with van der Waals surface area (Å²) in [4.78, 5) is 0. The molecule has 3 N–H and O–H groups in total. The summed E-state index contributed by atoms with van der Waals surface area (Å²) in [6, 6.07) is 11.7. The number of ether oxygens (including phenoxy) is 1. The first-order chi connectivity index (χ1) is 29.1. The van der Waals surface area contributed by atoms with E-state index in [0.29, 0.717) is 51.2 Å². The molecule has 0 aliphatic rings. The van der Waals surface area contributed by atoms with E-state index in [1.807, 2.05) is 26.8 Å². The quantitative estimate of drug-likeness (QED) is 0.0525. The maximum Gasteiger partial charge on any atom is 0.316 e. The van der Waals surface area contributed by atoms with Crippen molar-refractivity contribution in [1.29, 1.82) is 0 Å². The van der Waals surface area contributed by atoms with Crippen molar-refractivity contribution in [3.05, 3.63) is 79.9 Å². The molecule has 0 saturated carbocycles. The third kappa shape index (κ3) is 13.3. The van der Waals surface area contributed by atoms with Crippen molar-refractivity contribution in [3.8, 4) is 28.6 Å². The summed E-state index contributed by atoms with van der Waals surface area (Å²) in [5, 5.41) is 13.5. The summed E-state index contributed by atoms with van der Waals surface area (Å²) in [5.41, 5.74) is 5.53. The Morgan fingerprint density at radius 3 is 2.08 bits per heavy atom. The van der Waals surface area contributed by atoms with Gasteiger partial charge in [0.25, 0.3) is 0 Å². The average molecular weight is 937 g/mol. The second-order valence-electron chi connectivity index (χ2n) is 16.8. The van der Waals surface area contributed by atoms with Crippen LogP contribution in [0.25, 0.3) is 17.0 Å². The third-order valence-corrected chi connectivity index (χ3v) is 13.0. The minimum atomic E-state index is -2.11. The summed E-state index contributed by atoms with van der Waals surface area (Å²) in [5.74, 6) is 1.69. The van der Waals surface area contributed by atoms with Gasteiger partial charge >= 0.3 is 22.5 Å². The lowest BCUT2D eigenvalue weighted by atomic mass is 9.92. The van der Waals surface area contributed by atoms with Crippen molar-refractivity contribution in [1.82, 2.24) is 19.8 Å². The van der Waals surface area contributed by atoms with Crippen LogP contribution in [0.4, 0.5) is 11.4 Å². The van der Waals surface area contributed by atoms with Crippen molar-refractivity contribution in [2.45, 2.75) is 138 Å². The van der Waals surface area contributed by atoms with Crippen LogP contribution in [-0.4, -0.2) is 34.8 Å². The van der Waals surface area contributed by atoms with E-state index in [0.717, 1.165) is 53.6 Å². The molecule has 11 nitrogen and oxygen atoms in total. The van der Waals surface area contributed by atoms with Gasteiger partial charge in [-0.2, -0.15) is 8.42 Å². The summed E-state index contributed by atoms with van der Waals surface area (Å²) in [7, 11) is 0. The number of nitrogens with zero attached hydrogens (tertiary/aromatic N) is 3. The highest BCUT2D eigenvalue weighted by atomic mass is 35.5.